The lowest BCUT2D eigenvalue weighted by atomic mass is 10.1. The first-order valence-electron chi connectivity index (χ1n) is 5.79. The molecule has 0 aliphatic heterocycles. The van der Waals surface area contributed by atoms with Crippen molar-refractivity contribution in [3.8, 4) is 0 Å². The van der Waals surface area contributed by atoms with Crippen LogP contribution in [0, 0.1) is 24.0 Å². The molecule has 2 rings (SSSR count). The van der Waals surface area contributed by atoms with Crippen LogP contribution in [0.15, 0.2) is 23.0 Å². The van der Waals surface area contributed by atoms with Crippen molar-refractivity contribution in [3.63, 3.8) is 0 Å². The van der Waals surface area contributed by atoms with Gasteiger partial charge in [0.2, 0.25) is 0 Å². The minimum Gasteiger partial charge on any atom is -0.364 e. The molecule has 19 heavy (non-hydrogen) atoms. The molecule has 0 aliphatic carbocycles. The summed E-state index contributed by atoms with van der Waals surface area (Å²) in [5.74, 6) is 0. The Morgan fingerprint density at radius 2 is 2.21 bits per heavy atom. The van der Waals surface area contributed by atoms with Crippen LogP contribution in [0.5, 0.6) is 0 Å². The Hall–Kier alpha value is -2.28. The van der Waals surface area contributed by atoms with Crippen molar-refractivity contribution in [1.29, 1.82) is 0 Å². The van der Waals surface area contributed by atoms with Crippen LogP contribution >= 0.6 is 0 Å². The Bertz CT molecular complexity index is 581. The van der Waals surface area contributed by atoms with E-state index in [1.165, 1.54) is 12.5 Å². The van der Waals surface area contributed by atoms with Gasteiger partial charge in [0.15, 0.2) is 0 Å². The molecule has 0 spiro atoms. The first-order valence-corrected chi connectivity index (χ1v) is 5.79. The molecule has 0 atom stereocenters. The molecule has 2 aromatic heterocycles. The number of rotatable bonds is 5. The molecule has 7 nitrogen and oxygen atoms in total. The maximum absolute atomic E-state index is 11.0. The quantitative estimate of drug-likeness (QED) is 0.653. The minimum absolute atomic E-state index is 0.133. The number of hydrogen-bond acceptors (Lipinski definition) is 6. The van der Waals surface area contributed by atoms with E-state index in [4.69, 9.17) is 4.52 Å². The normalized spacial score (nSPS) is 10.6. The van der Waals surface area contributed by atoms with Crippen molar-refractivity contribution in [2.45, 2.75) is 26.9 Å². The summed E-state index contributed by atoms with van der Waals surface area (Å²) in [7, 11) is 0. The average Bonchev–Trinajstić information content (AvgIpc) is 2.85. The van der Waals surface area contributed by atoms with Crippen LogP contribution in [0.2, 0.25) is 0 Å². The molecular weight excluding hydrogens is 248 g/mol. The van der Waals surface area contributed by atoms with Gasteiger partial charge in [0.05, 0.1) is 16.3 Å². The number of nitro groups is 1. The van der Waals surface area contributed by atoms with Gasteiger partial charge in [-0.1, -0.05) is 5.16 Å². The van der Waals surface area contributed by atoms with Gasteiger partial charge in [0.1, 0.15) is 6.26 Å². The highest BCUT2D eigenvalue weighted by atomic mass is 16.6. The second kappa shape index (κ2) is 5.57. The van der Waals surface area contributed by atoms with Gasteiger partial charge in [-0.15, -0.1) is 0 Å². The van der Waals surface area contributed by atoms with Gasteiger partial charge in [0, 0.05) is 36.5 Å². The van der Waals surface area contributed by atoms with Crippen molar-refractivity contribution in [1.82, 2.24) is 15.5 Å². The number of nitrogens with one attached hydrogen (secondary N) is 1. The first-order chi connectivity index (χ1) is 9.09. The fraction of sp³-hybridized carbons (Fsp3) is 0.333. The van der Waals surface area contributed by atoms with E-state index < -0.39 is 0 Å². The first kappa shape index (κ1) is 13.2. The van der Waals surface area contributed by atoms with E-state index in [2.05, 4.69) is 15.5 Å². The van der Waals surface area contributed by atoms with Crippen molar-refractivity contribution in [3.05, 3.63) is 51.2 Å². The Balaban J connectivity index is 2.08. The molecule has 0 saturated heterocycles. The molecule has 7 heteroatoms. The van der Waals surface area contributed by atoms with E-state index >= 15 is 0 Å². The fourth-order valence-corrected chi connectivity index (χ4v) is 1.86. The van der Waals surface area contributed by atoms with E-state index in [-0.39, 0.29) is 10.6 Å². The summed E-state index contributed by atoms with van der Waals surface area (Å²) < 4.78 is 4.71. The molecule has 1 N–H and O–H groups in total. The van der Waals surface area contributed by atoms with E-state index in [1.807, 2.05) is 0 Å². The molecule has 2 heterocycles. The summed E-state index contributed by atoms with van der Waals surface area (Å²) in [5, 5.41) is 17.9. The van der Waals surface area contributed by atoms with Gasteiger partial charge in [0.25, 0.3) is 5.69 Å². The zero-order chi connectivity index (χ0) is 13.8. The van der Waals surface area contributed by atoms with Crippen molar-refractivity contribution in [2.75, 3.05) is 0 Å². The maximum atomic E-state index is 11.0. The molecule has 0 saturated carbocycles. The number of pyridine rings is 1. The topological polar surface area (TPSA) is 94.1 Å². The van der Waals surface area contributed by atoms with Crippen LogP contribution in [-0.2, 0) is 13.1 Å². The predicted octanol–water partition coefficient (Wildman–Crippen LogP) is 1.88. The number of aryl methyl sites for hydroxylation is 1. The van der Waals surface area contributed by atoms with Crippen molar-refractivity contribution >= 4 is 5.69 Å². The third-order valence-corrected chi connectivity index (χ3v) is 2.85. The minimum atomic E-state index is -0.368. The molecule has 0 radical (unpaired) electrons. The molecule has 0 amide bonds. The Morgan fingerprint density at radius 1 is 1.42 bits per heavy atom. The zero-order valence-corrected chi connectivity index (χ0v) is 10.7. The lowest BCUT2D eigenvalue weighted by Crippen LogP contribution is -2.15. The second-order valence-electron chi connectivity index (χ2n) is 4.21. The summed E-state index contributed by atoms with van der Waals surface area (Å²) in [6.45, 7) is 4.37. The van der Waals surface area contributed by atoms with Crippen molar-refractivity contribution < 1.29 is 9.45 Å². The van der Waals surface area contributed by atoms with Crippen molar-refractivity contribution in [2.24, 2.45) is 0 Å². The molecular formula is C12H14N4O3. The molecule has 0 aromatic carbocycles. The van der Waals surface area contributed by atoms with E-state index in [0.29, 0.717) is 29.9 Å². The standard InChI is InChI=1S/C12H14N4O3/c1-8-5-14-11(9(2)12(8)16(17)18)7-13-6-10-3-4-19-15-10/h3-5,13H,6-7H2,1-2H3. The van der Waals surface area contributed by atoms with Crippen LogP contribution < -0.4 is 5.32 Å². The maximum Gasteiger partial charge on any atom is 0.278 e. The SMILES string of the molecule is Cc1cnc(CNCc2ccon2)c(C)c1[N+](=O)[O-]. The predicted molar refractivity (Wildman–Crippen MR) is 67.4 cm³/mol. The monoisotopic (exact) mass is 262 g/mol. The van der Waals surface area contributed by atoms with E-state index in [0.717, 1.165) is 5.69 Å². The number of aromatic nitrogens is 2. The van der Waals surface area contributed by atoms with E-state index in [9.17, 15) is 10.1 Å². The smallest absolute Gasteiger partial charge is 0.278 e. The Kier molecular flexibility index (Phi) is 3.86. The van der Waals surface area contributed by atoms with Crippen LogP contribution in [-0.4, -0.2) is 15.1 Å². The fourth-order valence-electron chi connectivity index (χ4n) is 1.86. The summed E-state index contributed by atoms with van der Waals surface area (Å²) in [4.78, 5) is 14.9. The second-order valence-corrected chi connectivity index (χ2v) is 4.21. The molecule has 0 aliphatic rings. The summed E-state index contributed by atoms with van der Waals surface area (Å²) >= 11 is 0. The molecule has 100 valence electrons. The highest BCUT2D eigenvalue weighted by Gasteiger charge is 2.18. The van der Waals surface area contributed by atoms with E-state index in [1.54, 1.807) is 19.9 Å². The number of hydrogen-bond donors (Lipinski definition) is 1. The van der Waals surface area contributed by atoms with Crippen LogP contribution in [0.25, 0.3) is 0 Å². The lowest BCUT2D eigenvalue weighted by molar-refractivity contribution is -0.386. The molecule has 0 bridgehead atoms. The average molecular weight is 262 g/mol. The van der Waals surface area contributed by atoms with Crippen LogP contribution in [0.3, 0.4) is 0 Å². The zero-order valence-electron chi connectivity index (χ0n) is 10.7. The number of nitrogens with zero attached hydrogens (tertiary/aromatic N) is 3. The molecule has 0 unspecified atom stereocenters. The molecule has 2 aromatic rings. The Morgan fingerprint density at radius 3 is 2.84 bits per heavy atom. The van der Waals surface area contributed by atoms with Gasteiger partial charge in [-0.2, -0.15) is 0 Å². The highest BCUT2D eigenvalue weighted by Crippen LogP contribution is 2.23. The summed E-state index contributed by atoms with van der Waals surface area (Å²) in [6, 6.07) is 1.75. The summed E-state index contributed by atoms with van der Waals surface area (Å²) in [6.07, 6.45) is 3.02. The summed E-state index contributed by atoms with van der Waals surface area (Å²) in [5.41, 5.74) is 2.74. The van der Waals surface area contributed by atoms with Gasteiger partial charge in [-0.3, -0.25) is 15.1 Å². The lowest BCUT2D eigenvalue weighted by Gasteiger charge is -2.07. The largest absolute Gasteiger partial charge is 0.364 e. The van der Waals surface area contributed by atoms with Crippen LogP contribution in [0.1, 0.15) is 22.5 Å². The third kappa shape index (κ3) is 2.94. The highest BCUT2D eigenvalue weighted by molar-refractivity contribution is 5.47. The van der Waals surface area contributed by atoms with Gasteiger partial charge < -0.3 is 9.84 Å². The molecule has 0 fully saturated rings. The van der Waals surface area contributed by atoms with Crippen LogP contribution in [0.4, 0.5) is 5.69 Å². The Labute approximate surface area is 109 Å². The third-order valence-electron chi connectivity index (χ3n) is 2.85. The van der Waals surface area contributed by atoms with Gasteiger partial charge >= 0.3 is 0 Å². The van der Waals surface area contributed by atoms with Gasteiger partial charge in [-0.25, -0.2) is 0 Å². The van der Waals surface area contributed by atoms with Gasteiger partial charge in [-0.05, 0) is 13.8 Å².